The van der Waals surface area contributed by atoms with Crippen LogP contribution in [0.3, 0.4) is 0 Å². The number of nitrogens with zero attached hydrogens (tertiary/aromatic N) is 7. The number of aliphatic hydroxyl groups excluding tert-OH is 6. The van der Waals surface area contributed by atoms with Gasteiger partial charge in [0.25, 0.3) is 0 Å². The lowest BCUT2D eigenvalue weighted by Gasteiger charge is -2.42. The molecule has 416 valence electrons. The molecule has 74 heavy (non-hydrogen) atoms. The van der Waals surface area contributed by atoms with Gasteiger partial charge in [0.15, 0.2) is 24.0 Å². The van der Waals surface area contributed by atoms with E-state index < -0.39 is 128 Å². The highest BCUT2D eigenvalue weighted by Gasteiger charge is 2.47. The number of halogens is 6. The summed E-state index contributed by atoms with van der Waals surface area (Å²) in [7, 11) is 0. The fraction of sp³-hybridized carbons (Fsp3) is 0.732. The van der Waals surface area contributed by atoms with Crippen molar-refractivity contribution in [3.63, 3.8) is 0 Å². The number of anilines is 2. The third kappa shape index (κ3) is 20.4. The maximum Gasteiger partial charge on any atom is 0.434 e. The molecule has 4 rings (SSSR count). The first-order valence-corrected chi connectivity index (χ1v) is 23.0. The van der Waals surface area contributed by atoms with Gasteiger partial charge in [-0.1, -0.05) is 11.5 Å². The van der Waals surface area contributed by atoms with Crippen LogP contribution in [-0.2, 0) is 55.2 Å². The number of hydrogen-bond acceptors (Lipinski definition) is 22. The lowest BCUT2D eigenvalue weighted by molar-refractivity contribution is -0.261. The highest BCUT2D eigenvalue weighted by molar-refractivity contribution is 5.76. The molecule has 0 aliphatic carbocycles. The molecule has 0 bridgehead atoms. The van der Waals surface area contributed by atoms with Crippen molar-refractivity contribution in [1.29, 1.82) is 0 Å². The molecule has 33 heteroatoms. The smallest absolute Gasteiger partial charge is 0.394 e. The third-order valence-corrected chi connectivity index (χ3v) is 10.8. The van der Waals surface area contributed by atoms with Crippen LogP contribution in [0, 0.1) is 0 Å². The van der Waals surface area contributed by atoms with Gasteiger partial charge in [0, 0.05) is 43.8 Å². The molecule has 0 radical (unpaired) electrons. The number of hydrogen-bond donors (Lipinski definition) is 11. The monoisotopic (exact) mass is 1070 g/mol. The summed E-state index contributed by atoms with van der Waals surface area (Å²) in [6.07, 6.45) is -17.7. The Morgan fingerprint density at radius 3 is 1.54 bits per heavy atom. The van der Waals surface area contributed by atoms with Crippen molar-refractivity contribution in [3.05, 3.63) is 46.6 Å². The molecule has 3 amide bonds. The second kappa shape index (κ2) is 30.8. The molecule has 2 aromatic rings. The first-order chi connectivity index (χ1) is 35.2. The average molecular weight is 1070 g/mol. The number of carbonyl (C=O) groups is 3. The van der Waals surface area contributed by atoms with Crippen molar-refractivity contribution in [1.82, 2.24) is 35.9 Å². The number of rotatable bonds is 31. The average Bonchev–Trinajstić information content (AvgIpc) is 3.36. The van der Waals surface area contributed by atoms with Crippen LogP contribution in [-0.4, -0.2) is 208 Å². The van der Waals surface area contributed by atoms with Gasteiger partial charge in [-0.2, -0.15) is 26.3 Å². The van der Waals surface area contributed by atoms with Crippen LogP contribution in [0.15, 0.2) is 29.9 Å². The molecule has 27 nitrogen and oxygen atoms in total. The number of ether oxygens (including phenoxy) is 6. The first kappa shape index (κ1) is 61.1. The highest BCUT2D eigenvalue weighted by atomic mass is 19.4. The van der Waals surface area contributed by atoms with Crippen LogP contribution >= 0.6 is 0 Å². The van der Waals surface area contributed by atoms with E-state index in [-0.39, 0.29) is 84.4 Å². The molecule has 0 unspecified atom stereocenters. The van der Waals surface area contributed by atoms with Crippen LogP contribution in [0.1, 0.15) is 49.9 Å². The largest absolute Gasteiger partial charge is 0.434 e. The number of azide groups is 1. The van der Waals surface area contributed by atoms with Crippen LogP contribution in [0.2, 0.25) is 0 Å². The van der Waals surface area contributed by atoms with E-state index in [1.165, 1.54) is 0 Å². The van der Waals surface area contributed by atoms with Crippen LogP contribution < -0.4 is 26.6 Å². The molecule has 2 aliphatic heterocycles. The summed E-state index contributed by atoms with van der Waals surface area (Å²) in [6.45, 7) is -2.56. The zero-order chi connectivity index (χ0) is 54.3. The van der Waals surface area contributed by atoms with Gasteiger partial charge in [-0.15, -0.1) is 0 Å². The summed E-state index contributed by atoms with van der Waals surface area (Å²) < 4.78 is 113. The van der Waals surface area contributed by atoms with Crippen LogP contribution in [0.5, 0.6) is 0 Å². The van der Waals surface area contributed by atoms with Gasteiger partial charge in [0.05, 0.1) is 83.7 Å². The lowest BCUT2D eigenvalue weighted by atomic mass is 9.97. The second-order valence-electron chi connectivity index (χ2n) is 16.4. The van der Waals surface area contributed by atoms with Gasteiger partial charge in [0.1, 0.15) is 60.3 Å². The fourth-order valence-corrected chi connectivity index (χ4v) is 7.05. The van der Waals surface area contributed by atoms with E-state index in [1.807, 2.05) is 0 Å². The summed E-state index contributed by atoms with van der Waals surface area (Å²) in [5.41, 5.74) is 5.77. The van der Waals surface area contributed by atoms with Crippen molar-refractivity contribution in [3.8, 4) is 0 Å². The summed E-state index contributed by atoms with van der Waals surface area (Å²) in [5.74, 6) is -2.23. The summed E-state index contributed by atoms with van der Waals surface area (Å²) in [4.78, 5) is 54.5. The summed E-state index contributed by atoms with van der Waals surface area (Å²) in [6, 6.07) is -3.55. The van der Waals surface area contributed by atoms with Gasteiger partial charge in [-0.05, 0) is 18.4 Å². The third-order valence-electron chi connectivity index (χ3n) is 10.8. The van der Waals surface area contributed by atoms with Gasteiger partial charge in [-0.3, -0.25) is 24.4 Å². The molecule has 2 aromatic heterocycles. The number of carbonyl (C=O) groups excluding carboxylic acids is 3. The molecular formula is C41H60F6N12O15. The number of unbranched alkanes of at least 4 members (excludes halogenated alkanes) is 2. The number of aliphatic hydroxyl groups is 6. The standard InChI is InChI=1S/C41H60F6N12O15/c42-40(43,44)25-14-49-16-27(55-25)57-32-36(67)34(65)23(18-60)73-38(32)71-12-8-51-29(62)5-10-69-20-22(54-31(64)4-2-1-3-7-53-59-48)21-70-11-6-30(63)52-9-13-72-39-33(37(68)35(66)24(19-61)74-39)58-28-17-50-15-26(56-28)41(45,46)47/h14-17,22-24,32-39,60-61,65-68H,1-13,18-21H2,(H,51,62)(H,52,63)(H,54,64)(H,55,57)(H,56,58)/t23-,24-,32-,33-,34+,35+,36-,37-,38-,39-/m1/s1. The Morgan fingerprint density at radius 1 is 0.662 bits per heavy atom. The number of aromatic nitrogens is 4. The first-order valence-electron chi connectivity index (χ1n) is 23.0. The van der Waals surface area contributed by atoms with E-state index in [1.54, 1.807) is 0 Å². The van der Waals surface area contributed by atoms with E-state index in [2.05, 4.69) is 56.5 Å². The Kier molecular flexibility index (Phi) is 25.5. The van der Waals surface area contributed by atoms with E-state index in [0.29, 0.717) is 31.7 Å². The van der Waals surface area contributed by atoms with E-state index in [4.69, 9.17) is 34.0 Å². The minimum atomic E-state index is -4.83. The van der Waals surface area contributed by atoms with Gasteiger partial charge in [0.2, 0.25) is 17.7 Å². The topological polar surface area (TPSA) is 388 Å². The Labute approximate surface area is 417 Å². The quantitative estimate of drug-likeness (QED) is 0.0140. The van der Waals surface area contributed by atoms with Gasteiger partial charge in [-0.25, -0.2) is 9.97 Å². The number of nitrogens with one attached hydrogen (secondary N) is 5. The molecule has 4 heterocycles. The SMILES string of the molecule is [N-]=[N+]=NCCCCCC(=O)NC(COCCC(=O)NCCO[C@@H]1O[C@H](CO)[C@H](O)[C@H](O)[C@H]1Nc1cncc(C(F)(F)F)n1)COCCC(=O)NCCO[C@@H]1O[C@H](CO)[C@H](O)[C@H](O)[C@H]1Nc1cncc(C(F)(F)F)n1. The molecule has 0 spiro atoms. The van der Waals surface area contributed by atoms with Crippen LogP contribution in [0.4, 0.5) is 38.0 Å². The highest BCUT2D eigenvalue weighted by Crippen LogP contribution is 2.31. The molecule has 0 saturated carbocycles. The second-order valence-corrected chi connectivity index (χ2v) is 16.4. The zero-order valence-electron chi connectivity index (χ0n) is 39.4. The molecule has 2 saturated heterocycles. The fourth-order valence-electron chi connectivity index (χ4n) is 7.05. The van der Waals surface area contributed by atoms with Crippen molar-refractivity contribution in [2.24, 2.45) is 5.11 Å². The zero-order valence-corrected chi connectivity index (χ0v) is 39.4. The lowest BCUT2D eigenvalue weighted by Crippen LogP contribution is -2.62. The molecule has 2 fully saturated rings. The van der Waals surface area contributed by atoms with Gasteiger partial charge < -0.3 is 85.6 Å². The molecule has 0 aromatic carbocycles. The molecular weight excluding hydrogens is 1010 g/mol. The predicted octanol–water partition coefficient (Wildman–Crippen LogP) is -1.12. The van der Waals surface area contributed by atoms with E-state index >= 15 is 0 Å². The summed E-state index contributed by atoms with van der Waals surface area (Å²) >= 11 is 0. The number of amides is 3. The van der Waals surface area contributed by atoms with Crippen LogP contribution in [0.25, 0.3) is 10.4 Å². The minimum absolute atomic E-state index is 0.117. The molecule has 2 aliphatic rings. The minimum Gasteiger partial charge on any atom is -0.394 e. The maximum absolute atomic E-state index is 13.2. The van der Waals surface area contributed by atoms with Gasteiger partial charge >= 0.3 is 12.4 Å². The Balaban J connectivity index is 1.20. The van der Waals surface area contributed by atoms with E-state index in [9.17, 15) is 71.4 Å². The normalized spacial score (nSPS) is 24.2. The maximum atomic E-state index is 13.2. The van der Waals surface area contributed by atoms with Crippen molar-refractivity contribution < 1.29 is 99.8 Å². The summed E-state index contributed by atoms with van der Waals surface area (Å²) in [5, 5.41) is 77.8. The molecule has 10 atom stereocenters. The Bertz CT molecular complexity index is 1970. The number of alkyl halides is 6. The predicted molar refractivity (Wildman–Crippen MR) is 238 cm³/mol. The Morgan fingerprint density at radius 2 is 1.12 bits per heavy atom. The van der Waals surface area contributed by atoms with Crippen molar-refractivity contribution >= 4 is 29.4 Å². The van der Waals surface area contributed by atoms with Crippen molar-refractivity contribution in [2.75, 3.05) is 83.1 Å². The van der Waals surface area contributed by atoms with Crippen molar-refractivity contribution in [2.45, 2.75) is 118 Å². The van der Waals surface area contributed by atoms with E-state index in [0.717, 1.165) is 12.4 Å². The Hall–Kier alpha value is -5.42. The molecule has 11 N–H and O–H groups in total.